The lowest BCUT2D eigenvalue weighted by Gasteiger charge is -2.56. The van der Waals surface area contributed by atoms with Crippen molar-refractivity contribution in [2.24, 2.45) is 115 Å². The predicted octanol–water partition coefficient (Wildman–Crippen LogP) is 21.2. The monoisotopic (exact) mass is 2100 g/mol. The number of fused-ring (bicyclic) bond motifs is 2. The van der Waals surface area contributed by atoms with Gasteiger partial charge in [0.25, 0.3) is 0 Å². The quantitative estimate of drug-likeness (QED) is 0.0131. The topological polar surface area (TPSA) is 424 Å². The molecule has 19 rings (SSSR count). The molecule has 0 spiro atoms. The Kier molecular flexibility index (Phi) is 63.1. The Balaban J connectivity index is 0.000000430. The Morgan fingerprint density at radius 2 is 0.503 bits per heavy atom. The number of esters is 9. The lowest BCUT2D eigenvalue weighted by atomic mass is 9.54. The second-order valence-corrected chi connectivity index (χ2v) is 49.1. The predicted molar refractivity (Wildman–Crippen MR) is 567 cm³/mol. The molecule has 19 aliphatic carbocycles. The largest absolute Gasteiger partial charge is 0.465 e. The number of carbonyl (C=O) groups excluding carboxylic acids is 9. The van der Waals surface area contributed by atoms with E-state index < -0.39 is 16.2 Å². The van der Waals surface area contributed by atoms with Crippen LogP contribution >= 0.6 is 0 Å². The van der Waals surface area contributed by atoms with Crippen molar-refractivity contribution in [3.05, 3.63) is 0 Å². The summed E-state index contributed by atoms with van der Waals surface area (Å²) >= 11 is 0. The summed E-state index contributed by atoms with van der Waals surface area (Å²) in [6.07, 6.45) is 48.1. The van der Waals surface area contributed by atoms with Gasteiger partial charge in [-0.05, 0) is 429 Å². The van der Waals surface area contributed by atoms with Crippen LogP contribution in [0.15, 0.2) is 0 Å². The minimum absolute atomic E-state index is 0.00236. The first-order chi connectivity index (χ1) is 69.4. The van der Waals surface area contributed by atoms with Gasteiger partial charge in [-0.25, -0.2) is 0 Å². The minimum Gasteiger partial charge on any atom is -0.465 e. The van der Waals surface area contributed by atoms with Crippen molar-refractivity contribution < 1.29 is 145 Å². The third kappa shape index (κ3) is 47.9. The molecule has 0 aliphatic heterocycles. The molecule has 7 N–H and O–H groups in total. The Hall–Kier alpha value is -5.25. The van der Waals surface area contributed by atoms with Gasteiger partial charge in [-0.3, -0.25) is 43.2 Å². The van der Waals surface area contributed by atoms with E-state index >= 15 is 0 Å². The smallest absolute Gasteiger partial charge is 0.312 e. The molecule has 0 aromatic rings. The van der Waals surface area contributed by atoms with Crippen LogP contribution < -0.4 is 0 Å². The second-order valence-electron chi connectivity index (χ2n) is 49.1. The van der Waals surface area contributed by atoms with Gasteiger partial charge in [-0.1, -0.05) is 61.8 Å². The Bertz CT molecular complexity index is 3300. The van der Waals surface area contributed by atoms with E-state index in [0.717, 1.165) is 231 Å². The van der Waals surface area contributed by atoms with Crippen molar-refractivity contribution in [1.82, 2.24) is 0 Å². The first-order valence-electron chi connectivity index (χ1n) is 56.9. The SMILES string of the molecule is CCC(C)(C)C(=O)OC12CC3CC(CC(C3)C1)C2.CCC(C)(C)C(=O)OC1CC2CCC1C2.CCC(C)(C)C(=O)OC1CCCCC1.CCC(C)(C)C(=O)OCCC(=O)OC12CC3CC(CC(C3)C1)C2.CCC(C)(C)C(=O)OCCC(=O)OC12CC3CC(CC(C3)C1)C2.CCC(C)(C)C(=O)OCCC(=O)OC12CC3CC(CC(C3)C1)C2.CCCO.CCCO.COCCCO.COCCO.COCO.COCO.COCO. The average Bonchev–Trinajstić information content (AvgIpc) is 1.75. The lowest BCUT2D eigenvalue weighted by Crippen LogP contribution is -2.53. The van der Waals surface area contributed by atoms with Crippen molar-refractivity contribution in [3.63, 3.8) is 0 Å². The van der Waals surface area contributed by atoms with Gasteiger partial charge < -0.3 is 102 Å². The van der Waals surface area contributed by atoms with E-state index in [2.05, 4.69) is 30.6 Å². The van der Waals surface area contributed by atoms with Gasteiger partial charge in [0, 0.05) is 62.0 Å². The maximum Gasteiger partial charge on any atom is 0.312 e. The highest BCUT2D eigenvalue weighted by Gasteiger charge is 2.58. The van der Waals surface area contributed by atoms with Gasteiger partial charge in [-0.2, -0.15) is 0 Å². The summed E-state index contributed by atoms with van der Waals surface area (Å²) in [6.45, 7) is 40.9. The van der Waals surface area contributed by atoms with E-state index in [4.69, 9.17) is 78.4 Å². The van der Waals surface area contributed by atoms with Gasteiger partial charge in [-0.15, -0.1) is 0 Å². The molecule has 3 atom stereocenters. The fourth-order valence-corrected chi connectivity index (χ4v) is 24.4. The molecule has 18 bridgehead atoms. The fraction of sp³-hybridized carbons (Fsp3) is 0.923. The molecule has 147 heavy (non-hydrogen) atoms. The maximum absolute atomic E-state index is 12.4. The molecule has 0 aromatic carbocycles. The minimum atomic E-state index is -0.482. The number of rotatable bonds is 37. The van der Waals surface area contributed by atoms with Crippen LogP contribution in [-0.2, 0) is 109 Å². The summed E-state index contributed by atoms with van der Waals surface area (Å²) < 4.78 is 72.1. The van der Waals surface area contributed by atoms with Crippen LogP contribution in [0.2, 0.25) is 0 Å². The van der Waals surface area contributed by atoms with E-state index in [1.807, 2.05) is 132 Å². The molecule has 19 saturated carbocycles. The molecule has 0 heterocycles. The van der Waals surface area contributed by atoms with Crippen LogP contribution in [0.5, 0.6) is 0 Å². The number of ether oxygens (including phenoxy) is 14. The van der Waals surface area contributed by atoms with Gasteiger partial charge in [0.1, 0.15) is 74.8 Å². The second kappa shape index (κ2) is 68.2. The van der Waals surface area contributed by atoms with Crippen molar-refractivity contribution in [1.29, 1.82) is 0 Å². The molecule has 0 amide bonds. The van der Waals surface area contributed by atoms with Gasteiger partial charge in [0.15, 0.2) is 0 Å². The summed E-state index contributed by atoms with van der Waals surface area (Å²) in [5.41, 5.74) is -3.03. The molecule has 19 fully saturated rings. The highest BCUT2D eigenvalue weighted by atomic mass is 16.6. The Labute approximate surface area is 887 Å². The third-order valence-electron chi connectivity index (χ3n) is 33.9. The first-order valence-corrected chi connectivity index (χ1v) is 56.9. The molecule has 0 radical (unpaired) electrons. The summed E-state index contributed by atoms with van der Waals surface area (Å²) in [4.78, 5) is 108. The summed E-state index contributed by atoms with van der Waals surface area (Å²) in [7, 11) is 7.46. The van der Waals surface area contributed by atoms with Crippen molar-refractivity contribution in [3.8, 4) is 0 Å². The summed E-state index contributed by atoms with van der Waals surface area (Å²) in [5, 5.41) is 54.8. The van der Waals surface area contributed by atoms with E-state index in [-0.39, 0.29) is 177 Å². The van der Waals surface area contributed by atoms with E-state index in [1.54, 1.807) is 14.2 Å². The van der Waals surface area contributed by atoms with Crippen LogP contribution in [0, 0.1) is 115 Å². The number of carbonyl (C=O) groups is 9. The van der Waals surface area contributed by atoms with Gasteiger partial charge >= 0.3 is 53.7 Å². The van der Waals surface area contributed by atoms with Gasteiger partial charge in [0.2, 0.25) is 0 Å². The number of aliphatic hydroxyl groups is 7. The van der Waals surface area contributed by atoms with Crippen molar-refractivity contribution >= 4 is 53.7 Å². The van der Waals surface area contributed by atoms with E-state index in [9.17, 15) is 43.2 Å². The third-order valence-corrected chi connectivity index (χ3v) is 33.9. The zero-order valence-electron chi connectivity index (χ0n) is 96.6. The fourth-order valence-electron chi connectivity index (χ4n) is 24.4. The highest BCUT2D eigenvalue weighted by Crippen LogP contribution is 2.62. The standard InChI is InChI=1S/3C19H30O4.C16H26O2.C13H22O2.C12H22O2.C4H10O2.C3H8O2.2C3H8O.3C2H6O2/c3*1-4-18(2,3)17(21)22-6-5-16(20)23-19-10-13-7-14(11-19)9-15(8-13)12-19;1-4-15(2,3)14(17)18-16-8-11-5-12(9-16)7-13(6-11)10-16;1-4-13(2,3)12(14)15-11-8-9-5-6-10(11)7-9;1-4-12(2,3)11(13)14-10-8-6-5-7-9-10;1-6-4-2-3-5;1-5-3-2-4;2*1-2-3-4;3*1-4-2-3/h3*13-15H,4-12H2,1-3H3;11-13H,4-10H2,1-3H3;9-11H,4-8H2,1-3H3;10H,4-9H2,1-3H3;5H,2-4H2,1H3;4H,2-3H2,1H3;2*4H,2-3H2,1H3;3*3H,2H2,1H3. The van der Waals surface area contributed by atoms with Crippen LogP contribution in [0.25, 0.3) is 0 Å². The number of aliphatic hydroxyl groups excluding tert-OH is 7. The molecule has 0 saturated heterocycles. The number of hydrogen-bond acceptors (Lipinski definition) is 30. The van der Waals surface area contributed by atoms with Crippen LogP contribution in [0.4, 0.5) is 0 Å². The number of hydrogen-bond donors (Lipinski definition) is 7. The molecule has 30 nitrogen and oxygen atoms in total. The molecule has 0 aromatic heterocycles. The zero-order valence-corrected chi connectivity index (χ0v) is 96.6. The normalized spacial score (nSPS) is 28.7. The summed E-state index contributed by atoms with van der Waals surface area (Å²) in [6, 6.07) is 0. The van der Waals surface area contributed by atoms with Crippen LogP contribution in [0.3, 0.4) is 0 Å². The van der Waals surface area contributed by atoms with Crippen molar-refractivity contribution in [2.45, 2.75) is 462 Å². The molecule has 3 unspecified atom stereocenters. The number of methoxy groups -OCH3 is 5. The molecule has 30 heteroatoms. The zero-order chi connectivity index (χ0) is 111. The van der Waals surface area contributed by atoms with Crippen LogP contribution in [0.1, 0.15) is 427 Å². The lowest BCUT2D eigenvalue weighted by molar-refractivity contribution is -0.196. The van der Waals surface area contributed by atoms with Gasteiger partial charge in [0.05, 0.1) is 65.0 Å². The van der Waals surface area contributed by atoms with Crippen molar-refractivity contribution in [2.75, 3.05) is 115 Å². The molecule has 860 valence electrons. The molecular formula is C117H212O30. The molecular weight excluding hydrogens is 1890 g/mol. The highest BCUT2D eigenvalue weighted by molar-refractivity contribution is 5.79. The summed E-state index contributed by atoms with van der Waals surface area (Å²) in [5.74, 6) is 9.61. The first kappa shape index (κ1) is 136. The Morgan fingerprint density at radius 3 is 0.701 bits per heavy atom. The average molecular weight is 2100 g/mol. The van der Waals surface area contributed by atoms with Crippen LogP contribution in [-0.4, -0.2) is 239 Å². The maximum atomic E-state index is 12.4. The van der Waals surface area contributed by atoms with E-state index in [0.29, 0.717) is 32.3 Å². The van der Waals surface area contributed by atoms with E-state index in [1.165, 1.54) is 137 Å². The molecule has 19 aliphatic rings. The Morgan fingerprint density at radius 1 is 0.259 bits per heavy atom.